The van der Waals surface area contributed by atoms with Gasteiger partial charge in [-0.3, -0.25) is 9.69 Å². The second-order valence-corrected chi connectivity index (χ2v) is 9.01. The monoisotopic (exact) mass is 494 g/mol. The first-order valence-electron chi connectivity index (χ1n) is 11.9. The SMILES string of the molecule is CNC(=O)c1cnc2ccc(-c3ccn4nc(N[C@H]5CCN(C6COC6)C[C@H]5F)nc(NC)c34)nn12. The molecule has 0 bridgehead atoms. The Hall–Kier alpha value is -3.84. The summed E-state index contributed by atoms with van der Waals surface area (Å²) in [6, 6.07) is 5.49. The number of hydrogen-bond donors (Lipinski definition) is 3. The summed E-state index contributed by atoms with van der Waals surface area (Å²) in [5.74, 6) is 0.648. The first-order chi connectivity index (χ1) is 17.6. The van der Waals surface area contributed by atoms with E-state index in [1.807, 2.05) is 18.3 Å². The van der Waals surface area contributed by atoms with Crippen molar-refractivity contribution < 1.29 is 13.9 Å². The Morgan fingerprint density at radius 2 is 2.06 bits per heavy atom. The molecule has 2 fully saturated rings. The summed E-state index contributed by atoms with van der Waals surface area (Å²) in [5, 5.41) is 18.2. The van der Waals surface area contributed by atoms with Gasteiger partial charge < -0.3 is 20.7 Å². The number of aromatic nitrogens is 6. The van der Waals surface area contributed by atoms with Crippen LogP contribution in [0.1, 0.15) is 16.9 Å². The summed E-state index contributed by atoms with van der Waals surface area (Å²) in [4.78, 5) is 23.2. The summed E-state index contributed by atoms with van der Waals surface area (Å²) >= 11 is 0. The number of ether oxygens (including phenoxy) is 1. The normalized spacial score (nSPS) is 21.0. The lowest BCUT2D eigenvalue weighted by Gasteiger charge is -2.42. The summed E-state index contributed by atoms with van der Waals surface area (Å²) in [6.45, 7) is 2.55. The molecule has 12 nitrogen and oxygen atoms in total. The Bertz CT molecular complexity index is 1430. The van der Waals surface area contributed by atoms with E-state index in [2.05, 4.69) is 41.0 Å². The third-order valence-corrected chi connectivity index (χ3v) is 6.87. The molecular formula is C23H27FN10O2. The maximum Gasteiger partial charge on any atom is 0.271 e. The first-order valence-corrected chi connectivity index (χ1v) is 11.9. The second-order valence-electron chi connectivity index (χ2n) is 9.01. The van der Waals surface area contributed by atoms with Crippen molar-refractivity contribution in [3.63, 3.8) is 0 Å². The highest BCUT2D eigenvalue weighted by Gasteiger charge is 2.35. The average molecular weight is 495 g/mol. The highest BCUT2D eigenvalue weighted by molar-refractivity contribution is 5.93. The maximum atomic E-state index is 15.0. The van der Waals surface area contributed by atoms with E-state index in [1.54, 1.807) is 24.7 Å². The third-order valence-electron chi connectivity index (χ3n) is 6.87. The molecule has 6 rings (SSSR count). The number of carbonyl (C=O) groups is 1. The van der Waals surface area contributed by atoms with Crippen molar-refractivity contribution in [3.05, 3.63) is 36.3 Å². The number of hydrogen-bond acceptors (Lipinski definition) is 9. The summed E-state index contributed by atoms with van der Waals surface area (Å²) < 4.78 is 23.4. The molecule has 0 saturated carbocycles. The van der Waals surface area contributed by atoms with Crippen molar-refractivity contribution in [1.82, 2.24) is 39.4 Å². The highest BCUT2D eigenvalue weighted by Crippen LogP contribution is 2.30. The van der Waals surface area contributed by atoms with E-state index in [1.165, 1.54) is 10.7 Å². The number of imidazole rings is 1. The maximum absolute atomic E-state index is 15.0. The zero-order valence-electron chi connectivity index (χ0n) is 20.0. The molecule has 4 aromatic heterocycles. The molecule has 2 atom stereocenters. The van der Waals surface area contributed by atoms with Crippen molar-refractivity contribution >= 4 is 28.8 Å². The van der Waals surface area contributed by atoms with E-state index < -0.39 is 6.17 Å². The minimum atomic E-state index is -1.03. The molecule has 13 heteroatoms. The molecule has 2 aliphatic heterocycles. The van der Waals surface area contributed by atoms with Crippen LogP contribution in [0.2, 0.25) is 0 Å². The summed E-state index contributed by atoms with van der Waals surface area (Å²) in [6.07, 6.45) is 2.93. The van der Waals surface area contributed by atoms with Crippen LogP contribution in [0.4, 0.5) is 16.2 Å². The fourth-order valence-electron chi connectivity index (χ4n) is 4.79. The predicted octanol–water partition coefficient (Wildman–Crippen LogP) is 1.06. The number of rotatable bonds is 6. The molecule has 0 aromatic carbocycles. The van der Waals surface area contributed by atoms with E-state index in [4.69, 9.17) is 4.74 Å². The van der Waals surface area contributed by atoms with Crippen molar-refractivity contribution in [2.45, 2.75) is 24.7 Å². The number of piperidine rings is 1. The number of nitrogens with zero attached hydrogens (tertiary/aromatic N) is 7. The first kappa shape index (κ1) is 22.6. The average Bonchev–Trinajstić information content (AvgIpc) is 3.47. The van der Waals surface area contributed by atoms with Crippen LogP contribution in [0, 0.1) is 0 Å². The largest absolute Gasteiger partial charge is 0.378 e. The van der Waals surface area contributed by atoms with Gasteiger partial charge in [-0.25, -0.2) is 18.4 Å². The zero-order chi connectivity index (χ0) is 24.8. The van der Waals surface area contributed by atoms with Gasteiger partial charge in [0.25, 0.3) is 5.91 Å². The molecule has 0 radical (unpaired) electrons. The number of nitrogens with one attached hydrogen (secondary N) is 3. The lowest BCUT2D eigenvalue weighted by atomic mass is 10.0. The molecule has 1 amide bonds. The smallest absolute Gasteiger partial charge is 0.271 e. The molecule has 0 aliphatic carbocycles. The van der Waals surface area contributed by atoms with Crippen LogP contribution in [0.25, 0.3) is 22.4 Å². The van der Waals surface area contributed by atoms with Gasteiger partial charge in [0.05, 0.1) is 37.2 Å². The minimum Gasteiger partial charge on any atom is -0.378 e. The van der Waals surface area contributed by atoms with E-state index in [0.29, 0.717) is 66.5 Å². The molecule has 3 N–H and O–H groups in total. The number of fused-ring (bicyclic) bond motifs is 2. The number of anilines is 2. The van der Waals surface area contributed by atoms with E-state index >= 15 is 0 Å². The topological polar surface area (TPSA) is 126 Å². The van der Waals surface area contributed by atoms with Crippen molar-refractivity contribution in [1.29, 1.82) is 0 Å². The molecule has 188 valence electrons. The van der Waals surface area contributed by atoms with Crippen LogP contribution in [-0.2, 0) is 4.74 Å². The lowest BCUT2D eigenvalue weighted by molar-refractivity contribution is -0.0794. The van der Waals surface area contributed by atoms with Gasteiger partial charge >= 0.3 is 0 Å². The number of carbonyl (C=O) groups excluding carboxylic acids is 1. The van der Waals surface area contributed by atoms with Gasteiger partial charge in [0.1, 0.15) is 17.4 Å². The minimum absolute atomic E-state index is 0.276. The fourth-order valence-corrected chi connectivity index (χ4v) is 4.79. The standard InChI is InChI=1S/C23H27FN10O2/c1-25-21-20-14(16-3-4-19-27-9-18(22(35)26-2)34(19)30-16)5-8-33(20)31-23(29-21)28-17-6-7-32(10-15(17)24)13-11-36-12-13/h3-5,8-9,13,15,17H,6-7,10-12H2,1-2H3,(H,26,35)(H2,25,28,29,31)/t15-,17+/m1/s1. The van der Waals surface area contributed by atoms with Crippen LogP contribution in [0.15, 0.2) is 30.6 Å². The number of likely N-dealkylation sites (tertiary alicyclic amines) is 1. The predicted molar refractivity (Wildman–Crippen MR) is 131 cm³/mol. The molecule has 36 heavy (non-hydrogen) atoms. The Kier molecular flexibility index (Phi) is 5.64. The molecule has 6 heterocycles. The number of alkyl halides is 1. The van der Waals surface area contributed by atoms with E-state index in [0.717, 1.165) is 12.1 Å². The van der Waals surface area contributed by atoms with Gasteiger partial charge in [0, 0.05) is 38.9 Å². The van der Waals surface area contributed by atoms with Gasteiger partial charge in [-0.2, -0.15) is 10.1 Å². The van der Waals surface area contributed by atoms with Crippen LogP contribution < -0.4 is 16.0 Å². The van der Waals surface area contributed by atoms with Crippen molar-refractivity contribution in [2.75, 3.05) is 51.0 Å². The Morgan fingerprint density at radius 3 is 2.78 bits per heavy atom. The van der Waals surface area contributed by atoms with Gasteiger partial charge in [0.2, 0.25) is 5.95 Å². The quantitative estimate of drug-likeness (QED) is 0.361. The molecule has 2 saturated heterocycles. The molecule has 0 unspecified atom stereocenters. The highest BCUT2D eigenvalue weighted by atomic mass is 19.1. The van der Waals surface area contributed by atoms with Crippen molar-refractivity contribution in [3.8, 4) is 11.3 Å². The van der Waals surface area contributed by atoms with Crippen LogP contribution in [0.5, 0.6) is 0 Å². The van der Waals surface area contributed by atoms with Crippen LogP contribution >= 0.6 is 0 Å². The molecule has 2 aliphatic rings. The van der Waals surface area contributed by atoms with Crippen LogP contribution in [-0.4, -0.2) is 98.7 Å². The van der Waals surface area contributed by atoms with Crippen molar-refractivity contribution in [2.24, 2.45) is 0 Å². The Balaban J connectivity index is 1.30. The molecule has 0 spiro atoms. The summed E-state index contributed by atoms with van der Waals surface area (Å²) in [7, 11) is 3.34. The lowest BCUT2D eigenvalue weighted by Crippen LogP contribution is -2.57. The van der Waals surface area contributed by atoms with Gasteiger partial charge in [-0.15, -0.1) is 5.10 Å². The van der Waals surface area contributed by atoms with E-state index in [9.17, 15) is 9.18 Å². The Morgan fingerprint density at radius 1 is 1.19 bits per heavy atom. The summed E-state index contributed by atoms with van der Waals surface area (Å²) in [5.41, 5.74) is 3.03. The van der Waals surface area contributed by atoms with Gasteiger partial charge in [-0.1, -0.05) is 0 Å². The van der Waals surface area contributed by atoms with E-state index in [-0.39, 0.29) is 11.9 Å². The second kappa shape index (κ2) is 8.99. The fraction of sp³-hybridized carbons (Fsp3) is 0.435. The Labute approximate surface area is 205 Å². The third kappa shape index (κ3) is 3.80. The van der Waals surface area contributed by atoms with Gasteiger partial charge in [0.15, 0.2) is 11.5 Å². The number of amides is 1. The molecule has 4 aromatic rings. The molecular weight excluding hydrogens is 467 g/mol. The zero-order valence-corrected chi connectivity index (χ0v) is 20.0. The number of halogens is 1. The van der Waals surface area contributed by atoms with Gasteiger partial charge in [-0.05, 0) is 24.6 Å². The van der Waals surface area contributed by atoms with Crippen LogP contribution in [0.3, 0.4) is 0 Å².